The second kappa shape index (κ2) is 16.0. The van der Waals surface area contributed by atoms with Gasteiger partial charge in [0.2, 0.25) is 0 Å². The standard InChI is InChI=1S/2C19H18N2O2.H2O/c2*1-13-6-3-7-14(2)18(13)21-17(22)12-23-16-10-4-8-15-9-5-11-20-19(15)16;/h2*3-11H,12H2,1-2H3,(H,21,22);1H2. The number of rotatable bonds is 8. The van der Waals surface area contributed by atoms with Crippen LogP contribution in [0.25, 0.3) is 21.8 Å². The number of nitrogens with one attached hydrogen (secondary N) is 2. The van der Waals surface area contributed by atoms with Gasteiger partial charge in [0.05, 0.1) is 0 Å². The number of hydrogen-bond donors (Lipinski definition) is 2. The van der Waals surface area contributed by atoms with E-state index in [4.69, 9.17) is 9.47 Å². The highest BCUT2D eigenvalue weighted by atomic mass is 16.5. The van der Waals surface area contributed by atoms with Gasteiger partial charge in [0.15, 0.2) is 13.2 Å². The first kappa shape index (κ1) is 34.1. The smallest absolute Gasteiger partial charge is 0.262 e. The summed E-state index contributed by atoms with van der Waals surface area (Å²) in [4.78, 5) is 33.0. The van der Waals surface area contributed by atoms with Crippen LogP contribution in [0.3, 0.4) is 0 Å². The van der Waals surface area contributed by atoms with Gasteiger partial charge < -0.3 is 25.6 Å². The molecule has 0 bridgehead atoms. The molecule has 0 radical (unpaired) electrons. The van der Waals surface area contributed by atoms with Crippen LogP contribution in [0, 0.1) is 27.7 Å². The van der Waals surface area contributed by atoms with E-state index in [1.807, 2.05) is 125 Å². The third-order valence-electron chi connectivity index (χ3n) is 7.40. The van der Waals surface area contributed by atoms with E-state index < -0.39 is 0 Å². The molecule has 6 aromatic rings. The number of carbonyl (C=O) groups is 2. The third-order valence-corrected chi connectivity index (χ3v) is 7.40. The van der Waals surface area contributed by atoms with Gasteiger partial charge in [-0.2, -0.15) is 0 Å². The van der Waals surface area contributed by atoms with E-state index in [2.05, 4.69) is 20.6 Å². The number of benzene rings is 4. The highest BCUT2D eigenvalue weighted by Crippen LogP contribution is 2.25. The molecule has 0 spiro atoms. The number of aryl methyl sites for hydroxylation is 4. The maximum Gasteiger partial charge on any atom is 0.262 e. The Morgan fingerprint density at radius 1 is 0.532 bits per heavy atom. The van der Waals surface area contributed by atoms with Crippen molar-refractivity contribution in [3.05, 3.63) is 132 Å². The lowest BCUT2D eigenvalue weighted by Gasteiger charge is -2.12. The number of aromatic nitrogens is 2. The predicted octanol–water partition coefficient (Wildman–Crippen LogP) is 6.91. The lowest BCUT2D eigenvalue weighted by atomic mass is 10.1. The van der Waals surface area contributed by atoms with Crippen LogP contribution in [0.4, 0.5) is 11.4 Å². The molecule has 0 saturated carbocycles. The summed E-state index contributed by atoms with van der Waals surface area (Å²) in [6, 6.07) is 30.9. The van der Waals surface area contributed by atoms with Crippen molar-refractivity contribution in [1.82, 2.24) is 9.97 Å². The fourth-order valence-electron chi connectivity index (χ4n) is 5.05. The summed E-state index contributed by atoms with van der Waals surface area (Å²) in [7, 11) is 0. The highest BCUT2D eigenvalue weighted by molar-refractivity contribution is 5.94. The molecule has 4 N–H and O–H groups in total. The maximum atomic E-state index is 12.2. The van der Waals surface area contributed by atoms with Crippen LogP contribution in [0.1, 0.15) is 22.3 Å². The normalized spacial score (nSPS) is 10.3. The van der Waals surface area contributed by atoms with Crippen LogP contribution in [0.2, 0.25) is 0 Å². The Morgan fingerprint density at radius 2 is 0.872 bits per heavy atom. The molecule has 0 aliphatic heterocycles. The summed E-state index contributed by atoms with van der Waals surface area (Å²) >= 11 is 0. The number of para-hydroxylation sites is 4. The maximum absolute atomic E-state index is 12.2. The second-order valence-electron chi connectivity index (χ2n) is 10.9. The minimum Gasteiger partial charge on any atom is -0.481 e. The summed E-state index contributed by atoms with van der Waals surface area (Å²) in [5.74, 6) is 0.852. The molecule has 47 heavy (non-hydrogen) atoms. The van der Waals surface area contributed by atoms with Gasteiger partial charge in [-0.3, -0.25) is 19.6 Å². The molecule has 2 aromatic heterocycles. The number of amides is 2. The molecule has 9 heteroatoms. The van der Waals surface area contributed by atoms with Crippen molar-refractivity contribution in [3.8, 4) is 11.5 Å². The van der Waals surface area contributed by atoms with Crippen molar-refractivity contribution in [3.63, 3.8) is 0 Å². The largest absolute Gasteiger partial charge is 0.481 e. The molecule has 4 aromatic carbocycles. The molecule has 0 aliphatic carbocycles. The fourth-order valence-corrected chi connectivity index (χ4v) is 5.05. The van der Waals surface area contributed by atoms with Crippen molar-refractivity contribution in [2.75, 3.05) is 23.8 Å². The van der Waals surface area contributed by atoms with Crippen LogP contribution in [0.15, 0.2) is 109 Å². The Morgan fingerprint density at radius 3 is 1.26 bits per heavy atom. The van der Waals surface area contributed by atoms with Crippen molar-refractivity contribution in [2.24, 2.45) is 0 Å². The minimum absolute atomic E-state index is 0. The average molecular weight is 631 g/mol. The quantitative estimate of drug-likeness (QED) is 0.188. The van der Waals surface area contributed by atoms with Gasteiger partial charge >= 0.3 is 0 Å². The first-order chi connectivity index (χ1) is 22.3. The van der Waals surface area contributed by atoms with Gasteiger partial charge in [-0.25, -0.2) is 0 Å². The Kier molecular flexibility index (Phi) is 11.6. The molecule has 0 fully saturated rings. The van der Waals surface area contributed by atoms with Crippen LogP contribution >= 0.6 is 0 Å². The SMILES string of the molecule is Cc1cccc(C)c1NC(=O)COc1cccc2cccnc12.Cc1cccc(C)c1NC(=O)COc1cccc2cccnc12.O. The van der Waals surface area contributed by atoms with Crippen molar-refractivity contribution in [1.29, 1.82) is 0 Å². The summed E-state index contributed by atoms with van der Waals surface area (Å²) in [5.41, 5.74) is 7.34. The molecular weight excluding hydrogens is 592 g/mol. The highest BCUT2D eigenvalue weighted by Gasteiger charge is 2.11. The molecule has 6 rings (SSSR count). The molecule has 2 amide bonds. The lowest BCUT2D eigenvalue weighted by molar-refractivity contribution is -0.118. The van der Waals surface area contributed by atoms with Crippen molar-refractivity contribution >= 4 is 45.0 Å². The summed E-state index contributed by atoms with van der Waals surface area (Å²) in [5, 5.41) is 7.80. The van der Waals surface area contributed by atoms with E-state index in [-0.39, 0.29) is 30.5 Å². The third kappa shape index (κ3) is 8.68. The number of ether oxygens (including phenoxy) is 2. The molecular formula is C38H38N4O5. The minimum atomic E-state index is -0.185. The van der Waals surface area contributed by atoms with Crippen molar-refractivity contribution in [2.45, 2.75) is 27.7 Å². The lowest BCUT2D eigenvalue weighted by Crippen LogP contribution is -2.21. The monoisotopic (exact) mass is 630 g/mol. The topological polar surface area (TPSA) is 134 Å². The van der Waals surface area contributed by atoms with Crippen LogP contribution < -0.4 is 20.1 Å². The van der Waals surface area contributed by atoms with E-state index in [0.29, 0.717) is 11.5 Å². The average Bonchev–Trinajstić information content (AvgIpc) is 3.06. The molecule has 0 saturated heterocycles. The molecule has 0 aliphatic rings. The molecule has 9 nitrogen and oxygen atoms in total. The van der Waals surface area contributed by atoms with Gasteiger partial charge in [0.1, 0.15) is 22.5 Å². The fraction of sp³-hybridized carbons (Fsp3) is 0.158. The molecule has 240 valence electrons. The van der Waals surface area contributed by atoms with E-state index in [1.54, 1.807) is 12.4 Å². The van der Waals surface area contributed by atoms with Gasteiger partial charge in [-0.05, 0) is 74.2 Å². The summed E-state index contributed by atoms with van der Waals surface area (Å²) in [6.07, 6.45) is 3.43. The van der Waals surface area contributed by atoms with Crippen LogP contribution in [0.5, 0.6) is 11.5 Å². The van der Waals surface area contributed by atoms with Crippen LogP contribution in [-0.2, 0) is 9.59 Å². The van der Waals surface area contributed by atoms with E-state index >= 15 is 0 Å². The first-order valence-corrected chi connectivity index (χ1v) is 15.0. The number of hydrogen-bond acceptors (Lipinski definition) is 6. The van der Waals surface area contributed by atoms with E-state index in [9.17, 15) is 9.59 Å². The number of nitrogens with zero attached hydrogens (tertiary/aromatic N) is 2. The predicted molar refractivity (Wildman–Crippen MR) is 187 cm³/mol. The Bertz CT molecular complexity index is 1810. The first-order valence-electron chi connectivity index (χ1n) is 15.0. The van der Waals surface area contributed by atoms with E-state index in [0.717, 1.165) is 55.4 Å². The van der Waals surface area contributed by atoms with Gasteiger partial charge in [0.25, 0.3) is 11.8 Å². The zero-order chi connectivity index (χ0) is 32.5. The van der Waals surface area contributed by atoms with E-state index in [1.165, 1.54) is 0 Å². The number of carbonyl (C=O) groups excluding carboxylic acids is 2. The Balaban J connectivity index is 0.000000208. The second-order valence-corrected chi connectivity index (χ2v) is 10.9. The van der Waals surface area contributed by atoms with Gasteiger partial charge in [-0.15, -0.1) is 0 Å². The number of anilines is 2. The molecule has 2 heterocycles. The number of pyridine rings is 2. The molecule has 0 unspecified atom stereocenters. The van der Waals surface area contributed by atoms with Gasteiger partial charge in [-0.1, -0.05) is 72.8 Å². The molecule has 0 atom stereocenters. The Labute approximate surface area is 273 Å². The van der Waals surface area contributed by atoms with Gasteiger partial charge in [0, 0.05) is 34.5 Å². The van der Waals surface area contributed by atoms with Crippen molar-refractivity contribution < 1.29 is 24.5 Å². The Hall–Kier alpha value is -5.80. The van der Waals surface area contributed by atoms with Crippen LogP contribution in [-0.4, -0.2) is 40.5 Å². The summed E-state index contributed by atoms with van der Waals surface area (Å²) in [6.45, 7) is 7.78. The zero-order valence-electron chi connectivity index (χ0n) is 26.8. The summed E-state index contributed by atoms with van der Waals surface area (Å²) < 4.78 is 11.3. The number of fused-ring (bicyclic) bond motifs is 2. The zero-order valence-corrected chi connectivity index (χ0v) is 26.8.